The first-order valence-corrected chi connectivity index (χ1v) is 8.55. The molecule has 0 aromatic heterocycles. The first kappa shape index (κ1) is 15.6. The highest BCUT2D eigenvalue weighted by Crippen LogP contribution is 2.51. The third kappa shape index (κ3) is 2.48. The molecule has 1 heterocycles. The lowest BCUT2D eigenvalue weighted by Gasteiger charge is -2.38. The minimum atomic E-state index is -0.960. The van der Waals surface area contributed by atoms with Gasteiger partial charge in [-0.1, -0.05) is 47.5 Å². The van der Waals surface area contributed by atoms with Crippen LogP contribution in [0.25, 0.3) is 0 Å². The summed E-state index contributed by atoms with van der Waals surface area (Å²) >= 11 is 12.4. The topological polar surface area (TPSA) is 49.3 Å². The Hall–Kier alpha value is -1.97. The summed E-state index contributed by atoms with van der Waals surface area (Å²) in [4.78, 5) is 11.3. The zero-order chi connectivity index (χ0) is 16.8. The van der Waals surface area contributed by atoms with E-state index in [9.17, 15) is 9.90 Å². The Morgan fingerprint density at radius 2 is 1.92 bits per heavy atom. The average Bonchev–Trinajstić information content (AvgIpc) is 3.05. The van der Waals surface area contributed by atoms with Gasteiger partial charge in [-0.2, -0.15) is 0 Å². The molecule has 1 aliphatic heterocycles. The van der Waals surface area contributed by atoms with Crippen molar-refractivity contribution < 1.29 is 9.90 Å². The van der Waals surface area contributed by atoms with Crippen LogP contribution in [0.4, 0.5) is 5.69 Å². The Morgan fingerprint density at radius 1 is 1.17 bits per heavy atom. The van der Waals surface area contributed by atoms with Gasteiger partial charge in [0, 0.05) is 10.9 Å². The van der Waals surface area contributed by atoms with Crippen LogP contribution in [0.1, 0.15) is 39.9 Å². The maximum atomic E-state index is 11.3. The van der Waals surface area contributed by atoms with Crippen LogP contribution in [0.15, 0.2) is 48.6 Å². The summed E-state index contributed by atoms with van der Waals surface area (Å²) in [5.41, 5.74) is 3.17. The van der Waals surface area contributed by atoms with Crippen molar-refractivity contribution in [3.05, 3.63) is 75.3 Å². The Bertz CT molecular complexity index is 845. The molecule has 122 valence electrons. The normalized spacial score (nSPS) is 24.2. The van der Waals surface area contributed by atoms with Crippen molar-refractivity contribution in [2.24, 2.45) is 5.92 Å². The maximum Gasteiger partial charge on any atom is 0.335 e. The number of hydrogen-bond donors (Lipinski definition) is 2. The number of rotatable bonds is 2. The van der Waals surface area contributed by atoms with Crippen molar-refractivity contribution in [2.75, 3.05) is 5.32 Å². The molecular formula is C19H15Cl2NO2. The summed E-state index contributed by atoms with van der Waals surface area (Å²) in [7, 11) is 0. The lowest BCUT2D eigenvalue weighted by molar-refractivity contribution is 0.0696. The van der Waals surface area contributed by atoms with Crippen molar-refractivity contribution in [3.8, 4) is 0 Å². The Kier molecular flexibility index (Phi) is 3.78. The number of aromatic carboxylic acids is 1. The number of hydrogen-bond acceptors (Lipinski definition) is 2. The number of carboxylic acid groups (broad SMARTS) is 1. The standard InChI is InChI=1S/C19H15Cl2NO2/c20-12-6-4-10(5-7-12)17-14-3-1-2-13(14)15-8-11(19(23)24)9-16(21)18(15)22-17/h1-2,4-9,13-14,17,22H,3H2,(H,23,24)/t13-,14-,17-/m0/s1. The molecule has 1 aliphatic carbocycles. The molecule has 0 fully saturated rings. The zero-order valence-electron chi connectivity index (χ0n) is 12.7. The third-order valence-electron chi connectivity index (χ3n) is 4.90. The SMILES string of the molecule is O=C(O)c1cc(Cl)c2c(c1)[C@H]1C=CC[C@@H]1[C@H](c1ccc(Cl)cc1)N2. The highest BCUT2D eigenvalue weighted by molar-refractivity contribution is 6.34. The summed E-state index contributed by atoms with van der Waals surface area (Å²) in [5.74, 6) is -0.462. The highest BCUT2D eigenvalue weighted by atomic mass is 35.5. The van der Waals surface area contributed by atoms with Crippen molar-refractivity contribution >= 4 is 34.9 Å². The average molecular weight is 360 g/mol. The number of halogens is 2. The summed E-state index contributed by atoms with van der Waals surface area (Å²) in [5, 5.41) is 14.0. The highest BCUT2D eigenvalue weighted by Gasteiger charge is 2.39. The molecule has 0 unspecified atom stereocenters. The number of allylic oxidation sites excluding steroid dienone is 2. The molecule has 4 rings (SSSR count). The van der Waals surface area contributed by atoms with E-state index in [2.05, 4.69) is 17.5 Å². The van der Waals surface area contributed by atoms with Gasteiger partial charge in [-0.25, -0.2) is 4.79 Å². The van der Waals surface area contributed by atoms with Gasteiger partial charge in [0.1, 0.15) is 0 Å². The lowest BCUT2D eigenvalue weighted by Crippen LogP contribution is -2.29. The van der Waals surface area contributed by atoms with Gasteiger partial charge in [-0.3, -0.25) is 0 Å². The van der Waals surface area contributed by atoms with Gasteiger partial charge < -0.3 is 10.4 Å². The Morgan fingerprint density at radius 3 is 2.62 bits per heavy atom. The Labute approximate surface area is 149 Å². The molecule has 0 spiro atoms. The first-order valence-electron chi connectivity index (χ1n) is 7.80. The van der Waals surface area contributed by atoms with Gasteiger partial charge in [-0.15, -0.1) is 0 Å². The van der Waals surface area contributed by atoms with E-state index < -0.39 is 5.97 Å². The van der Waals surface area contributed by atoms with Crippen molar-refractivity contribution in [1.29, 1.82) is 0 Å². The summed E-state index contributed by atoms with van der Waals surface area (Å²) < 4.78 is 0. The van der Waals surface area contributed by atoms with E-state index in [1.807, 2.05) is 24.3 Å². The van der Waals surface area contributed by atoms with E-state index in [1.54, 1.807) is 6.07 Å². The van der Waals surface area contributed by atoms with Crippen LogP contribution in [0, 0.1) is 5.92 Å². The molecule has 2 N–H and O–H groups in total. The number of fused-ring (bicyclic) bond motifs is 3. The smallest absolute Gasteiger partial charge is 0.335 e. The van der Waals surface area contributed by atoms with Gasteiger partial charge in [0.05, 0.1) is 22.3 Å². The van der Waals surface area contributed by atoms with Crippen LogP contribution in [-0.2, 0) is 0 Å². The second-order valence-electron chi connectivity index (χ2n) is 6.25. The predicted molar refractivity (Wildman–Crippen MR) is 96.2 cm³/mol. The number of anilines is 1. The molecule has 0 amide bonds. The van der Waals surface area contributed by atoms with Crippen LogP contribution in [0.2, 0.25) is 10.0 Å². The van der Waals surface area contributed by atoms with Gasteiger partial charge in [-0.05, 0) is 47.7 Å². The molecule has 2 aromatic rings. The van der Waals surface area contributed by atoms with E-state index in [0.29, 0.717) is 16.0 Å². The number of nitrogens with one attached hydrogen (secondary N) is 1. The minimum Gasteiger partial charge on any atom is -0.478 e. The summed E-state index contributed by atoms with van der Waals surface area (Å²) in [6.45, 7) is 0. The molecule has 0 bridgehead atoms. The van der Waals surface area contributed by atoms with Gasteiger partial charge in [0.25, 0.3) is 0 Å². The van der Waals surface area contributed by atoms with Gasteiger partial charge in [0.15, 0.2) is 0 Å². The van der Waals surface area contributed by atoms with Crippen molar-refractivity contribution in [2.45, 2.75) is 18.4 Å². The van der Waals surface area contributed by atoms with Crippen LogP contribution in [0.3, 0.4) is 0 Å². The quantitative estimate of drug-likeness (QED) is 0.694. The maximum absolute atomic E-state index is 11.3. The minimum absolute atomic E-state index is 0.114. The van der Waals surface area contributed by atoms with Crippen LogP contribution in [-0.4, -0.2) is 11.1 Å². The second kappa shape index (κ2) is 5.83. The Balaban J connectivity index is 1.82. The number of benzene rings is 2. The van der Waals surface area contributed by atoms with E-state index in [1.165, 1.54) is 6.07 Å². The second-order valence-corrected chi connectivity index (χ2v) is 7.10. The first-order chi connectivity index (χ1) is 11.5. The van der Waals surface area contributed by atoms with Gasteiger partial charge >= 0.3 is 5.97 Å². The zero-order valence-corrected chi connectivity index (χ0v) is 14.2. The molecule has 0 saturated heterocycles. The van der Waals surface area contributed by atoms with Crippen molar-refractivity contribution in [3.63, 3.8) is 0 Å². The van der Waals surface area contributed by atoms with E-state index in [0.717, 1.165) is 23.2 Å². The molecule has 5 heteroatoms. The molecule has 2 aromatic carbocycles. The van der Waals surface area contributed by atoms with E-state index in [4.69, 9.17) is 23.2 Å². The molecule has 3 atom stereocenters. The number of carboxylic acids is 1. The van der Waals surface area contributed by atoms with E-state index in [-0.39, 0.29) is 17.5 Å². The summed E-state index contributed by atoms with van der Waals surface area (Å²) in [6, 6.07) is 11.2. The fraction of sp³-hybridized carbons (Fsp3) is 0.211. The molecule has 0 saturated carbocycles. The van der Waals surface area contributed by atoms with Gasteiger partial charge in [0.2, 0.25) is 0 Å². The summed E-state index contributed by atoms with van der Waals surface area (Å²) in [6.07, 6.45) is 5.27. The van der Waals surface area contributed by atoms with E-state index >= 15 is 0 Å². The molecule has 24 heavy (non-hydrogen) atoms. The lowest BCUT2D eigenvalue weighted by atomic mass is 9.76. The van der Waals surface area contributed by atoms with Crippen LogP contribution >= 0.6 is 23.2 Å². The largest absolute Gasteiger partial charge is 0.478 e. The third-order valence-corrected chi connectivity index (χ3v) is 5.45. The van der Waals surface area contributed by atoms with Crippen molar-refractivity contribution in [1.82, 2.24) is 0 Å². The molecule has 2 aliphatic rings. The van der Waals surface area contributed by atoms with Crippen LogP contribution < -0.4 is 5.32 Å². The van der Waals surface area contributed by atoms with Crippen LogP contribution in [0.5, 0.6) is 0 Å². The predicted octanol–water partition coefficient (Wildman–Crippen LogP) is 5.52. The molecule has 3 nitrogen and oxygen atoms in total. The fourth-order valence-corrected chi connectivity index (χ4v) is 4.19. The molecular weight excluding hydrogens is 345 g/mol. The molecule has 0 radical (unpaired) electrons. The fourth-order valence-electron chi connectivity index (χ4n) is 3.78. The monoisotopic (exact) mass is 359 g/mol. The number of carbonyl (C=O) groups is 1.